The van der Waals surface area contributed by atoms with E-state index >= 15 is 0 Å². The highest BCUT2D eigenvalue weighted by atomic mass is 16.5. The van der Waals surface area contributed by atoms with E-state index in [9.17, 15) is 4.79 Å². The first-order valence-electron chi connectivity index (χ1n) is 5.05. The molecule has 4 nitrogen and oxygen atoms in total. The zero-order valence-corrected chi connectivity index (χ0v) is 9.49. The molecule has 0 saturated carbocycles. The van der Waals surface area contributed by atoms with E-state index in [1.165, 1.54) is 6.08 Å². The Morgan fingerprint density at radius 3 is 2.69 bits per heavy atom. The number of carbonyl (C=O) groups excluding carboxylic acids is 1. The Bertz CT molecular complexity index is 402. The third kappa shape index (κ3) is 3.02. The van der Waals surface area contributed by atoms with Crippen LogP contribution in [-0.2, 0) is 9.53 Å². The van der Waals surface area contributed by atoms with Gasteiger partial charge < -0.3 is 16.2 Å². The second-order valence-electron chi connectivity index (χ2n) is 3.43. The minimum Gasteiger partial charge on any atom is -0.463 e. The Labute approximate surface area is 94.9 Å². The van der Waals surface area contributed by atoms with Crippen LogP contribution in [0.25, 0.3) is 6.08 Å². The normalized spacial score (nSPS) is 10.6. The summed E-state index contributed by atoms with van der Waals surface area (Å²) < 4.78 is 4.77. The third-order valence-corrected chi connectivity index (χ3v) is 2.14. The molecule has 0 aromatic heterocycles. The number of nitrogens with two attached hydrogens (primary N) is 2. The molecule has 0 heterocycles. The summed E-state index contributed by atoms with van der Waals surface area (Å²) >= 11 is 0. The quantitative estimate of drug-likeness (QED) is 0.462. The minimum absolute atomic E-state index is 0.365. The number of hydrogen-bond donors (Lipinski definition) is 2. The van der Waals surface area contributed by atoms with Crippen LogP contribution < -0.4 is 11.5 Å². The van der Waals surface area contributed by atoms with E-state index in [2.05, 4.69) is 0 Å². The lowest BCUT2D eigenvalue weighted by Crippen LogP contribution is -2.00. The second-order valence-corrected chi connectivity index (χ2v) is 3.43. The number of rotatable bonds is 3. The lowest BCUT2D eigenvalue weighted by molar-refractivity contribution is -0.137. The highest BCUT2D eigenvalue weighted by molar-refractivity contribution is 5.87. The van der Waals surface area contributed by atoms with E-state index in [1.807, 2.05) is 13.0 Å². The molecule has 0 aliphatic rings. The number of nitrogen functional groups attached to an aromatic ring is 2. The summed E-state index contributed by atoms with van der Waals surface area (Å²) in [5.41, 5.74) is 14.2. The van der Waals surface area contributed by atoms with E-state index < -0.39 is 0 Å². The van der Waals surface area contributed by atoms with Crippen molar-refractivity contribution >= 4 is 23.4 Å². The zero-order valence-electron chi connectivity index (χ0n) is 9.49. The van der Waals surface area contributed by atoms with Crippen LogP contribution in [0.3, 0.4) is 0 Å². The maximum absolute atomic E-state index is 11.1. The fourth-order valence-corrected chi connectivity index (χ4v) is 1.31. The highest BCUT2D eigenvalue weighted by Gasteiger charge is 2.01. The molecule has 4 N–H and O–H groups in total. The monoisotopic (exact) mass is 220 g/mol. The maximum atomic E-state index is 11.1. The van der Waals surface area contributed by atoms with Crippen LogP contribution in [-0.4, -0.2) is 12.6 Å². The molecule has 16 heavy (non-hydrogen) atoms. The smallest absolute Gasteiger partial charge is 0.330 e. The number of anilines is 2. The molecule has 1 aromatic carbocycles. The SMILES string of the molecule is CCOC(=O)C=Cc1cc(C)c(N)c(N)c1. The largest absolute Gasteiger partial charge is 0.463 e. The first kappa shape index (κ1) is 12.1. The van der Waals surface area contributed by atoms with Gasteiger partial charge in [0.05, 0.1) is 18.0 Å². The van der Waals surface area contributed by atoms with E-state index in [0.717, 1.165) is 11.1 Å². The standard InChI is InChI=1S/C12H16N2O2/c1-3-16-11(15)5-4-9-6-8(2)12(14)10(13)7-9/h4-7H,3,13-14H2,1-2H3. The molecule has 0 saturated heterocycles. The topological polar surface area (TPSA) is 78.3 Å². The van der Waals surface area contributed by atoms with E-state index in [4.69, 9.17) is 16.2 Å². The Morgan fingerprint density at radius 1 is 1.44 bits per heavy atom. The van der Waals surface area contributed by atoms with Gasteiger partial charge in [0, 0.05) is 6.08 Å². The van der Waals surface area contributed by atoms with Gasteiger partial charge in [0.15, 0.2) is 0 Å². The maximum Gasteiger partial charge on any atom is 0.330 e. The Hall–Kier alpha value is -1.97. The molecule has 1 rings (SSSR count). The number of esters is 1. The van der Waals surface area contributed by atoms with Crippen LogP contribution >= 0.6 is 0 Å². The number of benzene rings is 1. The van der Waals surface area contributed by atoms with Gasteiger partial charge in [-0.3, -0.25) is 0 Å². The molecular formula is C12H16N2O2. The van der Waals surface area contributed by atoms with Crippen LogP contribution in [0.2, 0.25) is 0 Å². The van der Waals surface area contributed by atoms with Crippen LogP contribution in [0.5, 0.6) is 0 Å². The molecule has 0 spiro atoms. The van der Waals surface area contributed by atoms with Crippen molar-refractivity contribution in [2.45, 2.75) is 13.8 Å². The van der Waals surface area contributed by atoms with Crippen LogP contribution in [0.15, 0.2) is 18.2 Å². The van der Waals surface area contributed by atoms with Crippen molar-refractivity contribution in [1.29, 1.82) is 0 Å². The molecule has 0 aliphatic heterocycles. The molecule has 0 unspecified atom stereocenters. The van der Waals surface area contributed by atoms with Crippen molar-refractivity contribution in [3.8, 4) is 0 Å². The summed E-state index contributed by atoms with van der Waals surface area (Å²) in [6.45, 7) is 4.00. The lowest BCUT2D eigenvalue weighted by Gasteiger charge is -2.05. The van der Waals surface area contributed by atoms with Gasteiger partial charge in [0.1, 0.15) is 0 Å². The number of hydrogen-bond acceptors (Lipinski definition) is 4. The van der Waals surface area contributed by atoms with Crippen LogP contribution in [0.1, 0.15) is 18.1 Å². The predicted molar refractivity (Wildman–Crippen MR) is 65.7 cm³/mol. The first-order chi connectivity index (χ1) is 7.54. The Kier molecular flexibility index (Phi) is 3.94. The van der Waals surface area contributed by atoms with Crippen LogP contribution in [0.4, 0.5) is 11.4 Å². The minimum atomic E-state index is -0.365. The van der Waals surface area contributed by atoms with Gasteiger partial charge in [0.2, 0.25) is 0 Å². The zero-order chi connectivity index (χ0) is 12.1. The molecule has 0 atom stereocenters. The fourth-order valence-electron chi connectivity index (χ4n) is 1.31. The van der Waals surface area contributed by atoms with Crippen molar-refractivity contribution < 1.29 is 9.53 Å². The average Bonchev–Trinajstić information content (AvgIpc) is 2.23. The Balaban J connectivity index is 2.86. The van der Waals surface area contributed by atoms with E-state index in [0.29, 0.717) is 18.0 Å². The van der Waals surface area contributed by atoms with Crippen molar-refractivity contribution in [3.63, 3.8) is 0 Å². The number of aryl methyl sites for hydroxylation is 1. The van der Waals surface area contributed by atoms with Gasteiger partial charge in [-0.05, 0) is 43.2 Å². The molecule has 0 aliphatic carbocycles. The molecule has 4 heteroatoms. The third-order valence-electron chi connectivity index (χ3n) is 2.14. The number of carbonyl (C=O) groups is 1. The van der Waals surface area contributed by atoms with Gasteiger partial charge in [0.25, 0.3) is 0 Å². The first-order valence-corrected chi connectivity index (χ1v) is 5.05. The Morgan fingerprint density at radius 2 is 2.12 bits per heavy atom. The summed E-state index contributed by atoms with van der Waals surface area (Å²) in [7, 11) is 0. The predicted octanol–water partition coefficient (Wildman–Crippen LogP) is 1.74. The fraction of sp³-hybridized carbons (Fsp3) is 0.250. The summed E-state index contributed by atoms with van der Waals surface area (Å²) in [6, 6.07) is 3.58. The molecular weight excluding hydrogens is 204 g/mol. The second kappa shape index (κ2) is 5.21. The van der Waals surface area contributed by atoms with Gasteiger partial charge in [-0.2, -0.15) is 0 Å². The number of ether oxygens (including phenoxy) is 1. The highest BCUT2D eigenvalue weighted by Crippen LogP contribution is 2.22. The van der Waals surface area contributed by atoms with Gasteiger partial charge in [-0.15, -0.1) is 0 Å². The van der Waals surface area contributed by atoms with Gasteiger partial charge in [-0.1, -0.05) is 0 Å². The van der Waals surface area contributed by atoms with Gasteiger partial charge in [-0.25, -0.2) is 4.79 Å². The van der Waals surface area contributed by atoms with Crippen molar-refractivity contribution in [2.75, 3.05) is 18.1 Å². The van der Waals surface area contributed by atoms with Crippen molar-refractivity contribution in [3.05, 3.63) is 29.3 Å². The summed E-state index contributed by atoms with van der Waals surface area (Å²) in [4.78, 5) is 11.1. The molecule has 0 fully saturated rings. The molecule has 1 aromatic rings. The van der Waals surface area contributed by atoms with Crippen molar-refractivity contribution in [2.24, 2.45) is 0 Å². The van der Waals surface area contributed by atoms with Gasteiger partial charge >= 0.3 is 5.97 Å². The molecule has 0 bridgehead atoms. The summed E-state index contributed by atoms with van der Waals surface area (Å²) in [5.74, 6) is -0.365. The van der Waals surface area contributed by atoms with Crippen LogP contribution in [0, 0.1) is 6.92 Å². The van der Waals surface area contributed by atoms with E-state index in [-0.39, 0.29) is 5.97 Å². The average molecular weight is 220 g/mol. The summed E-state index contributed by atoms with van der Waals surface area (Å²) in [5, 5.41) is 0. The molecule has 0 amide bonds. The van der Waals surface area contributed by atoms with Crippen molar-refractivity contribution in [1.82, 2.24) is 0 Å². The lowest BCUT2D eigenvalue weighted by atomic mass is 10.1. The molecule has 86 valence electrons. The van der Waals surface area contributed by atoms with E-state index in [1.54, 1.807) is 19.1 Å². The summed E-state index contributed by atoms with van der Waals surface area (Å²) in [6.07, 6.45) is 3.02. The molecule has 0 radical (unpaired) electrons.